The third-order valence-electron chi connectivity index (χ3n) is 4.33. The second-order valence-corrected chi connectivity index (χ2v) is 6.40. The predicted molar refractivity (Wildman–Crippen MR) is 88.9 cm³/mol. The van der Waals surface area contributed by atoms with Crippen LogP contribution >= 0.6 is 0 Å². The molecule has 2 rings (SSSR count). The zero-order valence-corrected chi connectivity index (χ0v) is 14.0. The lowest BCUT2D eigenvalue weighted by Gasteiger charge is -2.35. The largest absolute Gasteiger partial charge is 0.493 e. The van der Waals surface area contributed by atoms with Crippen LogP contribution in [0.4, 0.5) is 0 Å². The topological polar surface area (TPSA) is 38.5 Å². The lowest BCUT2D eigenvalue weighted by Crippen LogP contribution is -2.41. The van der Waals surface area contributed by atoms with E-state index >= 15 is 0 Å². The minimum absolute atomic E-state index is 0.0866. The maximum atomic E-state index is 6.56. The van der Waals surface area contributed by atoms with Crippen molar-refractivity contribution in [3.63, 3.8) is 0 Å². The molecule has 1 aromatic carbocycles. The summed E-state index contributed by atoms with van der Waals surface area (Å²) in [4.78, 5) is 2.53. The van der Waals surface area contributed by atoms with Crippen molar-refractivity contribution < 1.29 is 4.74 Å². The molecule has 0 amide bonds. The monoisotopic (exact) mass is 290 g/mol. The highest BCUT2D eigenvalue weighted by molar-refractivity contribution is 5.46. The summed E-state index contributed by atoms with van der Waals surface area (Å²) in [5, 5.41) is 0. The summed E-state index contributed by atoms with van der Waals surface area (Å²) >= 11 is 0. The van der Waals surface area contributed by atoms with Gasteiger partial charge in [0.25, 0.3) is 0 Å². The number of nitrogens with zero attached hydrogens (tertiary/aromatic N) is 1. The Morgan fingerprint density at radius 2 is 1.86 bits per heavy atom. The van der Waals surface area contributed by atoms with Crippen molar-refractivity contribution in [1.29, 1.82) is 0 Å². The highest BCUT2D eigenvalue weighted by atomic mass is 16.5. The van der Waals surface area contributed by atoms with E-state index in [0.717, 1.165) is 32.0 Å². The Kier molecular flexibility index (Phi) is 5.65. The summed E-state index contributed by atoms with van der Waals surface area (Å²) in [5.74, 6) is 1.40. The Hall–Kier alpha value is -1.06. The van der Waals surface area contributed by atoms with Crippen LogP contribution in [0.25, 0.3) is 0 Å². The highest BCUT2D eigenvalue weighted by Gasteiger charge is 2.30. The molecule has 0 aromatic heterocycles. The van der Waals surface area contributed by atoms with Crippen molar-refractivity contribution >= 4 is 0 Å². The molecule has 0 radical (unpaired) electrons. The molecule has 2 N–H and O–H groups in total. The van der Waals surface area contributed by atoms with E-state index in [2.05, 4.69) is 44.7 Å². The van der Waals surface area contributed by atoms with Gasteiger partial charge in [-0.05, 0) is 45.3 Å². The number of hydrogen-bond donors (Lipinski definition) is 1. The zero-order valence-electron chi connectivity index (χ0n) is 14.0. The molecule has 3 heteroatoms. The highest BCUT2D eigenvalue weighted by Crippen LogP contribution is 2.37. The van der Waals surface area contributed by atoms with Crippen LogP contribution in [-0.4, -0.2) is 31.1 Å². The van der Waals surface area contributed by atoms with Gasteiger partial charge in [-0.2, -0.15) is 0 Å². The fourth-order valence-electron chi connectivity index (χ4n) is 3.40. The molecule has 0 aliphatic carbocycles. The van der Waals surface area contributed by atoms with Crippen molar-refractivity contribution in [2.75, 3.05) is 26.2 Å². The van der Waals surface area contributed by atoms with Crippen molar-refractivity contribution in [3.05, 3.63) is 28.8 Å². The summed E-state index contributed by atoms with van der Waals surface area (Å²) in [6.07, 6.45) is 2.38. The SMILES string of the molecule is CCCN(CCC)CC1COc2c(C)cc(C)cc2C1N. The van der Waals surface area contributed by atoms with Crippen LogP contribution in [0.5, 0.6) is 5.75 Å². The number of rotatable bonds is 6. The van der Waals surface area contributed by atoms with Gasteiger partial charge in [0, 0.05) is 24.1 Å². The van der Waals surface area contributed by atoms with Gasteiger partial charge >= 0.3 is 0 Å². The van der Waals surface area contributed by atoms with Gasteiger partial charge in [-0.1, -0.05) is 31.5 Å². The van der Waals surface area contributed by atoms with Crippen molar-refractivity contribution in [1.82, 2.24) is 4.90 Å². The van der Waals surface area contributed by atoms with Gasteiger partial charge in [0.05, 0.1) is 6.61 Å². The van der Waals surface area contributed by atoms with Gasteiger partial charge in [-0.3, -0.25) is 0 Å². The second kappa shape index (κ2) is 7.28. The molecule has 0 bridgehead atoms. The molecule has 0 saturated carbocycles. The smallest absolute Gasteiger partial charge is 0.127 e. The predicted octanol–water partition coefficient (Wildman–Crippen LogP) is 3.43. The number of nitrogens with two attached hydrogens (primary N) is 1. The van der Waals surface area contributed by atoms with E-state index < -0.39 is 0 Å². The maximum absolute atomic E-state index is 6.56. The first kappa shape index (κ1) is 16.3. The van der Waals surface area contributed by atoms with Gasteiger partial charge in [0.2, 0.25) is 0 Å². The van der Waals surface area contributed by atoms with Gasteiger partial charge < -0.3 is 15.4 Å². The lowest BCUT2D eigenvalue weighted by atomic mass is 9.88. The van der Waals surface area contributed by atoms with Crippen LogP contribution in [0.3, 0.4) is 0 Å². The van der Waals surface area contributed by atoms with E-state index in [1.54, 1.807) is 0 Å². The van der Waals surface area contributed by atoms with Gasteiger partial charge in [-0.15, -0.1) is 0 Å². The number of ether oxygens (including phenoxy) is 1. The summed E-state index contributed by atoms with van der Waals surface area (Å²) in [6, 6.07) is 4.46. The molecule has 1 heterocycles. The average molecular weight is 290 g/mol. The molecule has 0 fully saturated rings. The van der Waals surface area contributed by atoms with Crippen LogP contribution in [0.1, 0.15) is 49.4 Å². The first-order chi connectivity index (χ1) is 10.1. The van der Waals surface area contributed by atoms with E-state index in [4.69, 9.17) is 10.5 Å². The van der Waals surface area contributed by atoms with Crippen LogP contribution in [0, 0.1) is 19.8 Å². The van der Waals surface area contributed by atoms with E-state index in [0.29, 0.717) is 5.92 Å². The Bertz CT molecular complexity index is 467. The van der Waals surface area contributed by atoms with Crippen molar-refractivity contribution in [3.8, 4) is 5.75 Å². The molecule has 0 spiro atoms. The summed E-state index contributed by atoms with van der Waals surface area (Å²) in [5.41, 5.74) is 10.2. The van der Waals surface area contributed by atoms with Crippen LogP contribution in [0.15, 0.2) is 12.1 Å². The molecule has 1 aliphatic rings. The average Bonchev–Trinajstić information content (AvgIpc) is 2.43. The van der Waals surface area contributed by atoms with E-state index in [-0.39, 0.29) is 6.04 Å². The first-order valence-electron chi connectivity index (χ1n) is 8.28. The Morgan fingerprint density at radius 1 is 1.19 bits per heavy atom. The summed E-state index contributed by atoms with van der Waals surface area (Å²) in [6.45, 7) is 12.8. The van der Waals surface area contributed by atoms with Gasteiger partial charge in [0.1, 0.15) is 5.75 Å². The fourth-order valence-corrected chi connectivity index (χ4v) is 3.40. The molecule has 0 saturated heterocycles. The summed E-state index contributed by atoms with van der Waals surface area (Å²) in [7, 11) is 0. The molecule has 1 aliphatic heterocycles. The number of benzene rings is 1. The number of aryl methyl sites for hydroxylation is 2. The normalized spacial score (nSPS) is 21.2. The molecule has 3 nitrogen and oxygen atoms in total. The zero-order chi connectivity index (χ0) is 15.4. The van der Waals surface area contributed by atoms with Crippen molar-refractivity contribution in [2.24, 2.45) is 11.7 Å². The van der Waals surface area contributed by atoms with Gasteiger partial charge in [-0.25, -0.2) is 0 Å². The van der Waals surface area contributed by atoms with Crippen LogP contribution in [0.2, 0.25) is 0 Å². The lowest BCUT2D eigenvalue weighted by molar-refractivity contribution is 0.137. The van der Waals surface area contributed by atoms with E-state index in [9.17, 15) is 0 Å². The molecule has 21 heavy (non-hydrogen) atoms. The third-order valence-corrected chi connectivity index (χ3v) is 4.33. The number of fused-ring (bicyclic) bond motifs is 1. The molecule has 2 atom stereocenters. The van der Waals surface area contributed by atoms with E-state index in [1.807, 2.05) is 0 Å². The first-order valence-corrected chi connectivity index (χ1v) is 8.28. The molecular formula is C18H30N2O. The van der Waals surface area contributed by atoms with Crippen LogP contribution < -0.4 is 10.5 Å². The van der Waals surface area contributed by atoms with E-state index in [1.165, 1.54) is 29.5 Å². The Labute approximate surface area is 129 Å². The Morgan fingerprint density at radius 3 is 2.48 bits per heavy atom. The minimum Gasteiger partial charge on any atom is -0.493 e. The van der Waals surface area contributed by atoms with Crippen molar-refractivity contribution in [2.45, 2.75) is 46.6 Å². The number of hydrogen-bond acceptors (Lipinski definition) is 3. The van der Waals surface area contributed by atoms with Crippen LogP contribution in [-0.2, 0) is 0 Å². The Balaban J connectivity index is 2.14. The summed E-state index contributed by atoms with van der Waals surface area (Å²) < 4.78 is 6.04. The molecule has 118 valence electrons. The minimum atomic E-state index is 0.0866. The maximum Gasteiger partial charge on any atom is 0.127 e. The molecular weight excluding hydrogens is 260 g/mol. The fraction of sp³-hybridized carbons (Fsp3) is 0.667. The third kappa shape index (κ3) is 3.78. The molecule has 1 aromatic rings. The second-order valence-electron chi connectivity index (χ2n) is 6.40. The molecule has 2 unspecified atom stereocenters. The standard InChI is InChI=1S/C18H30N2O/c1-5-7-20(8-6-2)11-15-12-21-18-14(4)9-13(3)10-16(18)17(15)19/h9-10,15,17H,5-8,11-12,19H2,1-4H3. The van der Waals surface area contributed by atoms with Gasteiger partial charge in [0.15, 0.2) is 0 Å². The quantitative estimate of drug-likeness (QED) is 0.872.